The lowest BCUT2D eigenvalue weighted by Crippen LogP contribution is -2.37. The summed E-state index contributed by atoms with van der Waals surface area (Å²) in [6, 6.07) is 1.99. The molecule has 2 aromatic heterocycles. The number of imidazole rings is 1. The van der Waals surface area contributed by atoms with Crippen LogP contribution in [0, 0.1) is 5.92 Å². The zero-order valence-corrected chi connectivity index (χ0v) is 14.4. The maximum atomic E-state index is 12.4. The normalized spacial score (nSPS) is 16.1. The van der Waals surface area contributed by atoms with Crippen LogP contribution in [0.5, 0.6) is 0 Å². The molecule has 0 spiro atoms. The van der Waals surface area contributed by atoms with Gasteiger partial charge in [-0.2, -0.15) is 5.10 Å². The minimum Gasteiger partial charge on any atom is -0.370 e. The Morgan fingerprint density at radius 1 is 1.33 bits per heavy atom. The zero-order chi connectivity index (χ0) is 17.1. The van der Waals surface area contributed by atoms with Crippen LogP contribution < -0.4 is 16.2 Å². The Balaban J connectivity index is 1.73. The molecule has 3 heterocycles. The molecule has 7 heteroatoms. The van der Waals surface area contributed by atoms with E-state index in [9.17, 15) is 4.79 Å². The monoisotopic (exact) mass is 330 g/mol. The summed E-state index contributed by atoms with van der Waals surface area (Å²) >= 11 is 0. The second-order valence-corrected chi connectivity index (χ2v) is 6.72. The van der Waals surface area contributed by atoms with E-state index in [0.717, 1.165) is 44.0 Å². The summed E-state index contributed by atoms with van der Waals surface area (Å²) in [6.45, 7) is 7.19. The Hall–Kier alpha value is -2.15. The van der Waals surface area contributed by atoms with Crippen molar-refractivity contribution in [1.29, 1.82) is 0 Å². The molecule has 2 aromatic rings. The highest BCUT2D eigenvalue weighted by Gasteiger charge is 2.19. The first kappa shape index (κ1) is 16.7. The molecule has 1 aliphatic heterocycles. The van der Waals surface area contributed by atoms with Crippen LogP contribution in [0.25, 0.3) is 0 Å². The van der Waals surface area contributed by atoms with Crippen molar-refractivity contribution in [2.75, 3.05) is 24.5 Å². The Morgan fingerprint density at radius 2 is 2.08 bits per heavy atom. The van der Waals surface area contributed by atoms with E-state index in [2.05, 4.69) is 33.4 Å². The molecule has 0 aromatic carbocycles. The molecule has 0 unspecified atom stereocenters. The lowest BCUT2D eigenvalue weighted by Gasteiger charge is -2.32. The first-order valence-electron chi connectivity index (χ1n) is 8.62. The van der Waals surface area contributed by atoms with Crippen LogP contribution in [0.2, 0.25) is 0 Å². The van der Waals surface area contributed by atoms with Gasteiger partial charge in [0.2, 0.25) is 0 Å². The lowest BCUT2D eigenvalue weighted by atomic mass is 9.97. The first-order valence-corrected chi connectivity index (χ1v) is 8.62. The van der Waals surface area contributed by atoms with E-state index >= 15 is 0 Å². The number of aromatic nitrogens is 4. The van der Waals surface area contributed by atoms with Crippen LogP contribution in [0.4, 0.5) is 5.69 Å². The van der Waals surface area contributed by atoms with E-state index in [0.29, 0.717) is 18.5 Å². The largest absolute Gasteiger partial charge is 0.370 e. The molecule has 1 saturated heterocycles. The average Bonchev–Trinajstić information content (AvgIpc) is 3.05. The highest BCUT2D eigenvalue weighted by atomic mass is 16.1. The molecule has 0 saturated carbocycles. The molecular weight excluding hydrogens is 304 g/mol. The Kier molecular flexibility index (Phi) is 4.99. The molecule has 24 heavy (non-hydrogen) atoms. The summed E-state index contributed by atoms with van der Waals surface area (Å²) < 4.78 is 3.52. The highest BCUT2D eigenvalue weighted by Crippen LogP contribution is 2.21. The topological polar surface area (TPSA) is 82.0 Å². The van der Waals surface area contributed by atoms with Gasteiger partial charge < -0.3 is 15.2 Å². The quantitative estimate of drug-likeness (QED) is 0.892. The van der Waals surface area contributed by atoms with Crippen LogP contribution in [0.3, 0.4) is 0 Å². The number of piperidine rings is 1. The van der Waals surface area contributed by atoms with E-state index in [4.69, 9.17) is 5.73 Å². The van der Waals surface area contributed by atoms with Crippen LogP contribution in [0.15, 0.2) is 29.5 Å². The summed E-state index contributed by atoms with van der Waals surface area (Å²) in [6.07, 6.45) is 7.63. The van der Waals surface area contributed by atoms with Crippen LogP contribution in [0.1, 0.15) is 38.6 Å². The van der Waals surface area contributed by atoms with Gasteiger partial charge >= 0.3 is 0 Å². The fourth-order valence-corrected chi connectivity index (χ4v) is 3.21. The van der Waals surface area contributed by atoms with Crippen molar-refractivity contribution in [3.8, 4) is 0 Å². The third-order valence-electron chi connectivity index (χ3n) is 4.76. The van der Waals surface area contributed by atoms with E-state index in [1.54, 1.807) is 18.5 Å². The average molecular weight is 330 g/mol. The number of anilines is 1. The summed E-state index contributed by atoms with van der Waals surface area (Å²) in [4.78, 5) is 19.0. The van der Waals surface area contributed by atoms with Gasteiger partial charge in [-0.15, -0.1) is 0 Å². The predicted octanol–water partition coefficient (Wildman–Crippen LogP) is 1.24. The van der Waals surface area contributed by atoms with E-state index in [1.165, 1.54) is 4.68 Å². The fraction of sp³-hybridized carbons (Fsp3) is 0.588. The highest BCUT2D eigenvalue weighted by molar-refractivity contribution is 5.43. The summed E-state index contributed by atoms with van der Waals surface area (Å²) in [5.74, 6) is 1.44. The summed E-state index contributed by atoms with van der Waals surface area (Å²) in [5, 5.41) is 4.35. The SMILES string of the molecule is CC(C)n1ccnc1Cn1ncc(N2CCC(CN)CC2)cc1=O. The molecule has 7 nitrogen and oxygen atoms in total. The molecule has 0 radical (unpaired) electrons. The molecule has 0 bridgehead atoms. The Bertz CT molecular complexity index is 727. The standard InChI is InChI=1S/C17H26N6O/c1-13(2)22-8-5-19-16(22)12-23-17(24)9-15(11-20-23)21-6-3-14(10-18)4-7-21/h5,8-9,11,13-14H,3-4,6-7,10,12,18H2,1-2H3. The molecule has 1 aliphatic rings. The van der Waals surface area contributed by atoms with Crippen LogP contribution in [-0.4, -0.2) is 39.0 Å². The predicted molar refractivity (Wildman–Crippen MR) is 94.2 cm³/mol. The van der Waals surface area contributed by atoms with Gasteiger partial charge in [0.25, 0.3) is 5.56 Å². The van der Waals surface area contributed by atoms with E-state index < -0.39 is 0 Å². The minimum atomic E-state index is -0.0910. The first-order chi connectivity index (χ1) is 11.6. The van der Waals surface area contributed by atoms with Gasteiger partial charge in [0.15, 0.2) is 0 Å². The van der Waals surface area contributed by atoms with E-state index in [1.807, 2.05) is 6.20 Å². The molecular formula is C17H26N6O. The second-order valence-electron chi connectivity index (χ2n) is 6.72. The lowest BCUT2D eigenvalue weighted by molar-refractivity contribution is 0.414. The third kappa shape index (κ3) is 3.51. The molecule has 130 valence electrons. The van der Waals surface area contributed by atoms with Gasteiger partial charge in [-0.3, -0.25) is 4.79 Å². The van der Waals surface area contributed by atoms with Crippen molar-refractivity contribution in [3.63, 3.8) is 0 Å². The zero-order valence-electron chi connectivity index (χ0n) is 14.4. The maximum Gasteiger partial charge on any atom is 0.269 e. The van der Waals surface area contributed by atoms with Crippen molar-refractivity contribution in [3.05, 3.63) is 40.8 Å². The molecule has 0 amide bonds. The molecule has 3 rings (SSSR count). The number of hydrogen-bond acceptors (Lipinski definition) is 5. The van der Waals surface area contributed by atoms with Crippen molar-refractivity contribution in [2.24, 2.45) is 11.7 Å². The van der Waals surface area contributed by atoms with Crippen molar-refractivity contribution in [2.45, 2.75) is 39.3 Å². The Labute approximate surface area is 142 Å². The number of nitrogens with two attached hydrogens (primary N) is 1. The van der Waals surface area contributed by atoms with Crippen LogP contribution >= 0.6 is 0 Å². The van der Waals surface area contributed by atoms with Crippen molar-refractivity contribution >= 4 is 5.69 Å². The van der Waals surface area contributed by atoms with Gasteiger partial charge in [0.05, 0.1) is 11.9 Å². The van der Waals surface area contributed by atoms with Crippen molar-refractivity contribution in [1.82, 2.24) is 19.3 Å². The van der Waals surface area contributed by atoms with Gasteiger partial charge in [-0.1, -0.05) is 0 Å². The maximum absolute atomic E-state index is 12.4. The molecule has 0 aliphatic carbocycles. The third-order valence-corrected chi connectivity index (χ3v) is 4.76. The second kappa shape index (κ2) is 7.17. The number of rotatable bonds is 5. The molecule has 0 atom stereocenters. The van der Waals surface area contributed by atoms with Gasteiger partial charge in [-0.25, -0.2) is 9.67 Å². The summed E-state index contributed by atoms with van der Waals surface area (Å²) in [7, 11) is 0. The molecule has 1 fully saturated rings. The minimum absolute atomic E-state index is 0.0910. The number of hydrogen-bond donors (Lipinski definition) is 1. The fourth-order valence-electron chi connectivity index (χ4n) is 3.21. The van der Waals surface area contributed by atoms with Gasteiger partial charge in [0.1, 0.15) is 12.4 Å². The van der Waals surface area contributed by atoms with Crippen LogP contribution in [-0.2, 0) is 6.54 Å². The number of nitrogens with zero attached hydrogens (tertiary/aromatic N) is 5. The van der Waals surface area contributed by atoms with E-state index in [-0.39, 0.29) is 5.56 Å². The van der Waals surface area contributed by atoms with Gasteiger partial charge in [0, 0.05) is 37.6 Å². The molecule has 2 N–H and O–H groups in total. The van der Waals surface area contributed by atoms with Crippen molar-refractivity contribution < 1.29 is 0 Å². The Morgan fingerprint density at radius 3 is 2.71 bits per heavy atom. The smallest absolute Gasteiger partial charge is 0.269 e. The summed E-state index contributed by atoms with van der Waals surface area (Å²) in [5.41, 5.74) is 6.55. The van der Waals surface area contributed by atoms with Gasteiger partial charge in [-0.05, 0) is 39.2 Å².